The summed E-state index contributed by atoms with van der Waals surface area (Å²) in [5.41, 5.74) is 0.995. The van der Waals surface area contributed by atoms with Crippen molar-refractivity contribution in [2.24, 2.45) is 5.92 Å². The minimum absolute atomic E-state index is 0.0216. The van der Waals surface area contributed by atoms with Gasteiger partial charge in [0.15, 0.2) is 6.61 Å². The van der Waals surface area contributed by atoms with Crippen molar-refractivity contribution in [2.75, 3.05) is 30.0 Å². The summed E-state index contributed by atoms with van der Waals surface area (Å²) in [6.07, 6.45) is 0.0216. The maximum atomic E-state index is 12.3. The molecule has 1 fully saturated rings. The first-order valence-corrected chi connectivity index (χ1v) is 10.1. The molecule has 0 aliphatic carbocycles. The Labute approximate surface area is 183 Å². The van der Waals surface area contributed by atoms with Crippen molar-refractivity contribution in [1.82, 2.24) is 0 Å². The first kappa shape index (κ1) is 21.9. The van der Waals surface area contributed by atoms with Crippen LogP contribution in [0.3, 0.4) is 0 Å². The highest BCUT2D eigenvalue weighted by Crippen LogP contribution is 2.28. The van der Waals surface area contributed by atoms with Gasteiger partial charge < -0.3 is 19.7 Å². The predicted octanol–water partition coefficient (Wildman–Crippen LogP) is 3.93. The molecule has 1 atom stereocenters. The molecule has 1 N–H and O–H groups in total. The molecule has 2 amide bonds. The largest absolute Gasteiger partial charge is 0.494 e. The molecule has 1 heterocycles. The zero-order valence-corrected chi connectivity index (χ0v) is 17.7. The van der Waals surface area contributed by atoms with Crippen molar-refractivity contribution in [1.29, 1.82) is 0 Å². The smallest absolute Gasteiger partial charge is 0.311 e. The summed E-state index contributed by atoms with van der Waals surface area (Å²) < 4.78 is 10.5. The molecule has 9 heteroatoms. The molecule has 0 aromatic heterocycles. The average molecular weight is 451 g/mol. The Morgan fingerprint density at radius 3 is 2.60 bits per heavy atom. The predicted molar refractivity (Wildman–Crippen MR) is 114 cm³/mol. The molecule has 7 nitrogen and oxygen atoms in total. The fourth-order valence-electron chi connectivity index (χ4n) is 3.04. The highest BCUT2D eigenvalue weighted by Gasteiger charge is 2.36. The van der Waals surface area contributed by atoms with Crippen LogP contribution in [0.2, 0.25) is 10.0 Å². The number of rotatable bonds is 7. The van der Waals surface area contributed by atoms with Gasteiger partial charge in [0.25, 0.3) is 5.91 Å². The molecular formula is C21H20Cl2N2O5. The molecule has 2 aromatic rings. The third kappa shape index (κ3) is 5.43. The van der Waals surface area contributed by atoms with E-state index in [2.05, 4.69) is 5.32 Å². The van der Waals surface area contributed by atoms with E-state index in [-0.39, 0.29) is 18.9 Å². The van der Waals surface area contributed by atoms with Gasteiger partial charge in [-0.3, -0.25) is 14.4 Å². The number of halogens is 2. The second-order valence-corrected chi connectivity index (χ2v) is 7.46. The van der Waals surface area contributed by atoms with Crippen molar-refractivity contribution in [2.45, 2.75) is 13.3 Å². The Hall–Kier alpha value is -2.77. The average Bonchev–Trinajstić information content (AvgIpc) is 3.11. The van der Waals surface area contributed by atoms with Crippen LogP contribution in [0.25, 0.3) is 0 Å². The van der Waals surface area contributed by atoms with Gasteiger partial charge in [-0.15, -0.1) is 0 Å². The van der Waals surface area contributed by atoms with Gasteiger partial charge in [-0.1, -0.05) is 23.2 Å². The Bertz CT molecular complexity index is 949. The van der Waals surface area contributed by atoms with Crippen molar-refractivity contribution < 1.29 is 23.9 Å². The summed E-state index contributed by atoms with van der Waals surface area (Å²) in [6.45, 7) is 2.13. The van der Waals surface area contributed by atoms with Crippen molar-refractivity contribution in [3.05, 3.63) is 52.5 Å². The normalized spacial score (nSPS) is 15.8. The van der Waals surface area contributed by atoms with E-state index < -0.39 is 24.4 Å². The van der Waals surface area contributed by atoms with Gasteiger partial charge in [0.2, 0.25) is 5.91 Å². The number of carbonyl (C=O) groups excluding carboxylic acids is 3. The first-order chi connectivity index (χ1) is 14.4. The lowest BCUT2D eigenvalue weighted by Gasteiger charge is -2.17. The number of amides is 2. The molecule has 2 aromatic carbocycles. The Kier molecular flexibility index (Phi) is 7.18. The van der Waals surface area contributed by atoms with Gasteiger partial charge in [-0.05, 0) is 49.4 Å². The second-order valence-electron chi connectivity index (χ2n) is 6.61. The minimum atomic E-state index is -0.647. The van der Waals surface area contributed by atoms with Crippen LogP contribution in [0.15, 0.2) is 42.5 Å². The van der Waals surface area contributed by atoms with E-state index >= 15 is 0 Å². The molecule has 0 saturated carbocycles. The zero-order valence-electron chi connectivity index (χ0n) is 16.2. The topological polar surface area (TPSA) is 84.9 Å². The molecule has 0 spiro atoms. The number of hydrogen-bond acceptors (Lipinski definition) is 5. The van der Waals surface area contributed by atoms with Gasteiger partial charge in [0.05, 0.1) is 23.2 Å². The van der Waals surface area contributed by atoms with E-state index in [1.165, 1.54) is 11.0 Å². The van der Waals surface area contributed by atoms with Crippen LogP contribution < -0.4 is 15.0 Å². The number of nitrogens with one attached hydrogen (secondary N) is 1. The van der Waals surface area contributed by atoms with Crippen molar-refractivity contribution >= 4 is 52.4 Å². The van der Waals surface area contributed by atoms with Gasteiger partial charge >= 0.3 is 5.97 Å². The SMILES string of the molecule is CCOc1ccc(N2C[C@@H](C(=O)OCC(=O)Nc3cc(Cl)ccc3Cl)CC2=O)cc1. The van der Waals surface area contributed by atoms with Crippen LogP contribution in [0.5, 0.6) is 5.75 Å². The van der Waals surface area contributed by atoms with Crippen molar-refractivity contribution in [3.63, 3.8) is 0 Å². The third-order valence-corrected chi connectivity index (χ3v) is 5.03. The van der Waals surface area contributed by atoms with Crippen molar-refractivity contribution in [3.8, 4) is 5.75 Å². The summed E-state index contributed by atoms with van der Waals surface area (Å²) in [6, 6.07) is 11.7. The fourth-order valence-corrected chi connectivity index (χ4v) is 3.37. The third-order valence-electron chi connectivity index (χ3n) is 4.47. The van der Waals surface area contributed by atoms with E-state index in [0.717, 1.165) is 0 Å². The van der Waals surface area contributed by atoms with Gasteiger partial charge in [0, 0.05) is 23.7 Å². The van der Waals surface area contributed by atoms with Gasteiger partial charge in [-0.25, -0.2) is 0 Å². The van der Waals surface area contributed by atoms with E-state index in [9.17, 15) is 14.4 Å². The zero-order chi connectivity index (χ0) is 21.7. The standard InChI is InChI=1S/C21H20Cl2N2O5/c1-2-29-16-6-4-15(5-7-16)25-11-13(9-20(25)27)21(28)30-12-19(26)24-18-10-14(22)3-8-17(18)23/h3-8,10,13H,2,9,11-12H2,1H3,(H,24,26)/t13-/m0/s1. The molecule has 30 heavy (non-hydrogen) atoms. The number of ether oxygens (including phenoxy) is 2. The van der Waals surface area contributed by atoms with Gasteiger partial charge in [-0.2, -0.15) is 0 Å². The quantitative estimate of drug-likeness (QED) is 0.645. The van der Waals surface area contributed by atoms with Crippen LogP contribution >= 0.6 is 23.2 Å². The second kappa shape index (κ2) is 9.82. The molecule has 0 radical (unpaired) electrons. The maximum Gasteiger partial charge on any atom is 0.311 e. The molecule has 1 aliphatic rings. The Balaban J connectivity index is 1.53. The Morgan fingerprint density at radius 2 is 1.90 bits per heavy atom. The monoisotopic (exact) mass is 450 g/mol. The number of nitrogens with zero attached hydrogens (tertiary/aromatic N) is 1. The summed E-state index contributed by atoms with van der Waals surface area (Å²) in [4.78, 5) is 38.2. The van der Waals surface area contributed by atoms with Crippen LogP contribution in [-0.4, -0.2) is 37.5 Å². The molecular weight excluding hydrogens is 431 g/mol. The minimum Gasteiger partial charge on any atom is -0.494 e. The molecule has 0 bridgehead atoms. The highest BCUT2D eigenvalue weighted by molar-refractivity contribution is 6.35. The number of carbonyl (C=O) groups is 3. The lowest BCUT2D eigenvalue weighted by Crippen LogP contribution is -2.28. The molecule has 0 unspecified atom stereocenters. The fraction of sp³-hybridized carbons (Fsp3) is 0.286. The first-order valence-electron chi connectivity index (χ1n) is 9.32. The van der Waals surface area contributed by atoms with Crippen LogP contribution in [-0.2, 0) is 19.1 Å². The molecule has 1 saturated heterocycles. The van der Waals surface area contributed by atoms with E-state index in [0.29, 0.717) is 33.8 Å². The van der Waals surface area contributed by atoms with E-state index in [1.54, 1.807) is 36.4 Å². The van der Waals surface area contributed by atoms with Gasteiger partial charge in [0.1, 0.15) is 5.75 Å². The number of benzene rings is 2. The lowest BCUT2D eigenvalue weighted by molar-refractivity contribution is -0.151. The summed E-state index contributed by atoms with van der Waals surface area (Å²) in [7, 11) is 0. The van der Waals surface area contributed by atoms with E-state index in [4.69, 9.17) is 32.7 Å². The summed E-state index contributed by atoms with van der Waals surface area (Å²) in [5.74, 6) is -1.29. The lowest BCUT2D eigenvalue weighted by atomic mass is 10.1. The molecule has 1 aliphatic heterocycles. The summed E-state index contributed by atoms with van der Waals surface area (Å²) in [5, 5.41) is 3.25. The Morgan fingerprint density at radius 1 is 1.17 bits per heavy atom. The summed E-state index contributed by atoms with van der Waals surface area (Å²) >= 11 is 11.9. The molecule has 3 rings (SSSR count). The number of hydrogen-bond donors (Lipinski definition) is 1. The number of anilines is 2. The highest BCUT2D eigenvalue weighted by atomic mass is 35.5. The number of esters is 1. The maximum absolute atomic E-state index is 12.3. The van der Waals surface area contributed by atoms with E-state index in [1.807, 2.05) is 6.92 Å². The van der Waals surface area contributed by atoms with Crippen LogP contribution in [0.4, 0.5) is 11.4 Å². The van der Waals surface area contributed by atoms with Crippen LogP contribution in [0, 0.1) is 5.92 Å². The molecule has 158 valence electrons. The van der Waals surface area contributed by atoms with Crippen LogP contribution in [0.1, 0.15) is 13.3 Å².